The molecule has 0 spiro atoms. The van der Waals surface area contributed by atoms with Crippen LogP contribution in [0.15, 0.2) is 48.5 Å². The molecule has 0 atom stereocenters. The first-order valence-electron chi connectivity index (χ1n) is 8.95. The van der Waals surface area contributed by atoms with Crippen LogP contribution in [-0.4, -0.2) is 18.3 Å². The van der Waals surface area contributed by atoms with Crippen LogP contribution in [0.3, 0.4) is 0 Å². The van der Waals surface area contributed by atoms with Gasteiger partial charge in [0.2, 0.25) is 0 Å². The second-order valence-corrected chi connectivity index (χ2v) is 6.72. The third kappa shape index (κ3) is 6.39. The third-order valence-corrected chi connectivity index (χ3v) is 4.26. The van der Waals surface area contributed by atoms with Crippen LogP contribution >= 0.6 is 12.2 Å². The molecule has 0 heterocycles. The Morgan fingerprint density at radius 3 is 2.48 bits per heavy atom. The molecule has 4 heteroatoms. The second kappa shape index (κ2) is 10.0. The van der Waals surface area contributed by atoms with Crippen LogP contribution in [0.2, 0.25) is 0 Å². The molecule has 134 valence electrons. The zero-order chi connectivity index (χ0) is 18.1. The zero-order valence-electron chi connectivity index (χ0n) is 15.3. The molecule has 0 bridgehead atoms. The molecule has 0 aliphatic rings. The molecule has 25 heavy (non-hydrogen) atoms. The van der Waals surface area contributed by atoms with Gasteiger partial charge in [-0.05, 0) is 61.2 Å². The fraction of sp³-hybridized carbons (Fsp3) is 0.381. The molecule has 0 amide bonds. The highest BCUT2D eigenvalue weighted by atomic mass is 32.1. The van der Waals surface area contributed by atoms with Crippen molar-refractivity contribution in [2.45, 2.75) is 39.5 Å². The van der Waals surface area contributed by atoms with E-state index < -0.39 is 0 Å². The topological polar surface area (TPSA) is 33.3 Å². The maximum Gasteiger partial charge on any atom is 0.170 e. The summed E-state index contributed by atoms with van der Waals surface area (Å²) < 4.78 is 5.60. The summed E-state index contributed by atoms with van der Waals surface area (Å²) in [6, 6.07) is 16.7. The largest absolute Gasteiger partial charge is 0.492 e. The number of aryl methyl sites for hydroxylation is 1. The molecule has 0 aromatic heterocycles. The van der Waals surface area contributed by atoms with Gasteiger partial charge in [-0.2, -0.15) is 0 Å². The number of thiocarbonyl (C=S) groups is 1. The van der Waals surface area contributed by atoms with E-state index in [0.29, 0.717) is 17.6 Å². The lowest BCUT2D eigenvalue weighted by atomic mass is 10.0. The second-order valence-electron chi connectivity index (χ2n) is 6.31. The van der Waals surface area contributed by atoms with Gasteiger partial charge in [0.05, 0.1) is 12.3 Å². The molecule has 2 N–H and O–H groups in total. The van der Waals surface area contributed by atoms with Crippen molar-refractivity contribution in [3.63, 3.8) is 0 Å². The molecular weight excluding hydrogens is 328 g/mol. The maximum atomic E-state index is 5.60. The van der Waals surface area contributed by atoms with E-state index in [9.17, 15) is 0 Å². The van der Waals surface area contributed by atoms with Crippen molar-refractivity contribution in [1.29, 1.82) is 0 Å². The van der Waals surface area contributed by atoms with Crippen LogP contribution in [-0.2, 0) is 6.42 Å². The standard InChI is InChI=1S/C21H28N2OS/c1-4-24-20-10-6-5-9-19(20)23-21(25)22-15-7-8-17-11-13-18(14-12-17)16(2)3/h5-6,9-14,16H,4,7-8,15H2,1-3H3,(H2,22,23,25). The van der Waals surface area contributed by atoms with Crippen molar-refractivity contribution < 1.29 is 4.74 Å². The number of ether oxygens (including phenoxy) is 1. The summed E-state index contributed by atoms with van der Waals surface area (Å²) in [6.45, 7) is 7.89. The fourth-order valence-electron chi connectivity index (χ4n) is 2.58. The molecule has 0 aliphatic heterocycles. The summed E-state index contributed by atoms with van der Waals surface area (Å²) in [7, 11) is 0. The van der Waals surface area contributed by atoms with Gasteiger partial charge in [0.1, 0.15) is 5.75 Å². The quantitative estimate of drug-likeness (QED) is 0.507. The lowest BCUT2D eigenvalue weighted by Gasteiger charge is -2.14. The molecule has 3 nitrogen and oxygen atoms in total. The van der Waals surface area contributed by atoms with Crippen LogP contribution < -0.4 is 15.4 Å². The Kier molecular flexibility index (Phi) is 7.74. The normalized spacial score (nSPS) is 10.6. The van der Waals surface area contributed by atoms with Crippen molar-refractivity contribution in [3.05, 3.63) is 59.7 Å². The van der Waals surface area contributed by atoms with Gasteiger partial charge in [-0.1, -0.05) is 50.2 Å². The van der Waals surface area contributed by atoms with E-state index in [2.05, 4.69) is 48.7 Å². The predicted molar refractivity (Wildman–Crippen MR) is 111 cm³/mol. The Hall–Kier alpha value is -2.07. The summed E-state index contributed by atoms with van der Waals surface area (Å²) in [6.07, 6.45) is 2.08. The summed E-state index contributed by atoms with van der Waals surface area (Å²) in [5.74, 6) is 1.40. The first kappa shape index (κ1) is 19.3. The van der Waals surface area contributed by atoms with Gasteiger partial charge in [0, 0.05) is 6.54 Å². The van der Waals surface area contributed by atoms with Gasteiger partial charge < -0.3 is 15.4 Å². The summed E-state index contributed by atoms with van der Waals surface area (Å²) in [5.41, 5.74) is 3.65. The number of anilines is 1. The van der Waals surface area contributed by atoms with Crippen LogP contribution in [0.4, 0.5) is 5.69 Å². The SMILES string of the molecule is CCOc1ccccc1NC(=S)NCCCc1ccc(C(C)C)cc1. The molecule has 2 aromatic rings. The average molecular weight is 357 g/mol. The Bertz CT molecular complexity index is 668. The Morgan fingerprint density at radius 1 is 1.08 bits per heavy atom. The van der Waals surface area contributed by atoms with E-state index in [0.717, 1.165) is 30.8 Å². The van der Waals surface area contributed by atoms with Crippen molar-refractivity contribution in [2.24, 2.45) is 0 Å². The monoisotopic (exact) mass is 356 g/mol. The van der Waals surface area contributed by atoms with Gasteiger partial charge in [0.25, 0.3) is 0 Å². The van der Waals surface area contributed by atoms with Crippen molar-refractivity contribution in [2.75, 3.05) is 18.5 Å². The highest BCUT2D eigenvalue weighted by molar-refractivity contribution is 7.80. The van der Waals surface area contributed by atoms with Crippen molar-refractivity contribution in [1.82, 2.24) is 5.32 Å². The Labute approximate surface area is 156 Å². The molecule has 0 radical (unpaired) electrons. The first-order valence-corrected chi connectivity index (χ1v) is 9.36. The van der Waals surface area contributed by atoms with E-state index in [1.807, 2.05) is 31.2 Å². The maximum absolute atomic E-state index is 5.60. The van der Waals surface area contributed by atoms with Crippen LogP contribution in [0.25, 0.3) is 0 Å². The van der Waals surface area contributed by atoms with E-state index in [1.165, 1.54) is 11.1 Å². The lowest BCUT2D eigenvalue weighted by molar-refractivity contribution is 0.342. The van der Waals surface area contributed by atoms with Crippen LogP contribution in [0.1, 0.15) is 44.2 Å². The minimum absolute atomic E-state index is 0.582. The van der Waals surface area contributed by atoms with E-state index >= 15 is 0 Å². The molecule has 0 fully saturated rings. The molecule has 0 unspecified atom stereocenters. The molecule has 2 aromatic carbocycles. The van der Waals surface area contributed by atoms with Crippen LogP contribution in [0.5, 0.6) is 5.75 Å². The Morgan fingerprint density at radius 2 is 1.80 bits per heavy atom. The van der Waals surface area contributed by atoms with Crippen LogP contribution in [0, 0.1) is 0 Å². The van der Waals surface area contributed by atoms with Crippen molar-refractivity contribution >= 4 is 23.0 Å². The van der Waals surface area contributed by atoms with Gasteiger partial charge in [0.15, 0.2) is 5.11 Å². The number of para-hydroxylation sites is 2. The Balaban J connectivity index is 1.73. The number of rotatable bonds is 8. The highest BCUT2D eigenvalue weighted by Gasteiger charge is 2.04. The van der Waals surface area contributed by atoms with E-state index in [1.54, 1.807) is 0 Å². The highest BCUT2D eigenvalue weighted by Crippen LogP contribution is 2.23. The minimum Gasteiger partial charge on any atom is -0.492 e. The number of hydrogen-bond donors (Lipinski definition) is 2. The van der Waals surface area contributed by atoms with E-state index in [-0.39, 0.29) is 0 Å². The molecule has 0 saturated heterocycles. The first-order chi connectivity index (χ1) is 12.1. The lowest BCUT2D eigenvalue weighted by Crippen LogP contribution is -2.29. The van der Waals surface area contributed by atoms with Gasteiger partial charge in [-0.25, -0.2) is 0 Å². The van der Waals surface area contributed by atoms with Gasteiger partial charge >= 0.3 is 0 Å². The molecule has 2 rings (SSSR count). The fourth-order valence-corrected chi connectivity index (χ4v) is 2.79. The van der Waals surface area contributed by atoms with Gasteiger partial charge in [-0.15, -0.1) is 0 Å². The smallest absolute Gasteiger partial charge is 0.170 e. The number of nitrogens with one attached hydrogen (secondary N) is 2. The molecular formula is C21H28N2OS. The predicted octanol–water partition coefficient (Wildman–Crippen LogP) is 5.13. The molecule has 0 saturated carbocycles. The zero-order valence-corrected chi connectivity index (χ0v) is 16.2. The average Bonchev–Trinajstić information content (AvgIpc) is 2.61. The van der Waals surface area contributed by atoms with Gasteiger partial charge in [-0.3, -0.25) is 0 Å². The number of hydrogen-bond acceptors (Lipinski definition) is 2. The number of benzene rings is 2. The third-order valence-electron chi connectivity index (χ3n) is 4.01. The summed E-state index contributed by atoms with van der Waals surface area (Å²) >= 11 is 5.38. The van der Waals surface area contributed by atoms with E-state index in [4.69, 9.17) is 17.0 Å². The minimum atomic E-state index is 0.582. The van der Waals surface area contributed by atoms with Crippen molar-refractivity contribution in [3.8, 4) is 5.75 Å². The molecule has 0 aliphatic carbocycles. The summed E-state index contributed by atoms with van der Waals surface area (Å²) in [5, 5.41) is 7.10. The summed E-state index contributed by atoms with van der Waals surface area (Å²) in [4.78, 5) is 0.